The standard InChI is InChI=1S/C15H13BrFN5/c16-10-6-13(17)12(8-18)14(7-10)22-5-2-11(9-22)21-15-19-3-1-4-20-15/h1,3-4,6-7,11H,2,5,9H2,(H,19,20,21). The molecule has 7 heteroatoms. The zero-order chi connectivity index (χ0) is 15.5. The lowest BCUT2D eigenvalue weighted by molar-refractivity contribution is 0.622. The third-order valence-corrected chi connectivity index (χ3v) is 4.03. The molecule has 1 aliphatic heterocycles. The second-order valence-corrected chi connectivity index (χ2v) is 5.96. The van der Waals surface area contributed by atoms with Crippen LogP contribution in [0.25, 0.3) is 0 Å². The molecule has 2 aromatic rings. The van der Waals surface area contributed by atoms with E-state index in [1.807, 2.05) is 11.0 Å². The van der Waals surface area contributed by atoms with Crippen molar-refractivity contribution in [3.63, 3.8) is 0 Å². The van der Waals surface area contributed by atoms with Gasteiger partial charge in [-0.15, -0.1) is 0 Å². The van der Waals surface area contributed by atoms with Crippen molar-refractivity contribution < 1.29 is 4.39 Å². The van der Waals surface area contributed by atoms with Crippen LogP contribution < -0.4 is 10.2 Å². The first-order chi connectivity index (χ1) is 10.7. The van der Waals surface area contributed by atoms with Gasteiger partial charge in [-0.1, -0.05) is 15.9 Å². The zero-order valence-corrected chi connectivity index (χ0v) is 13.2. The molecule has 0 bridgehead atoms. The number of benzene rings is 1. The van der Waals surface area contributed by atoms with Gasteiger partial charge in [-0.05, 0) is 24.6 Å². The maximum absolute atomic E-state index is 13.9. The monoisotopic (exact) mass is 361 g/mol. The summed E-state index contributed by atoms with van der Waals surface area (Å²) in [7, 11) is 0. The van der Waals surface area contributed by atoms with E-state index >= 15 is 0 Å². The van der Waals surface area contributed by atoms with Crippen LogP contribution in [-0.2, 0) is 0 Å². The Morgan fingerprint density at radius 2 is 2.14 bits per heavy atom. The van der Waals surface area contributed by atoms with E-state index in [-0.39, 0.29) is 11.6 Å². The second-order valence-electron chi connectivity index (χ2n) is 5.04. The van der Waals surface area contributed by atoms with Gasteiger partial charge in [0, 0.05) is 36.0 Å². The Morgan fingerprint density at radius 1 is 1.36 bits per heavy atom. The largest absolute Gasteiger partial charge is 0.368 e. The lowest BCUT2D eigenvalue weighted by atomic mass is 10.1. The molecule has 1 aromatic heterocycles. The van der Waals surface area contributed by atoms with Crippen LogP contribution in [-0.4, -0.2) is 29.1 Å². The van der Waals surface area contributed by atoms with E-state index in [4.69, 9.17) is 0 Å². The molecule has 1 aliphatic rings. The Kier molecular flexibility index (Phi) is 4.20. The summed E-state index contributed by atoms with van der Waals surface area (Å²) >= 11 is 3.28. The first kappa shape index (κ1) is 14.7. The summed E-state index contributed by atoms with van der Waals surface area (Å²) in [6.07, 6.45) is 4.23. The Morgan fingerprint density at radius 3 is 2.86 bits per heavy atom. The molecule has 0 aliphatic carbocycles. The number of nitriles is 1. The highest BCUT2D eigenvalue weighted by Gasteiger charge is 2.26. The van der Waals surface area contributed by atoms with Crippen LogP contribution in [0.1, 0.15) is 12.0 Å². The second kappa shape index (κ2) is 6.28. The molecule has 1 N–H and O–H groups in total. The number of anilines is 2. The fraction of sp³-hybridized carbons (Fsp3) is 0.267. The van der Waals surface area contributed by atoms with Gasteiger partial charge in [-0.3, -0.25) is 0 Å². The molecule has 1 atom stereocenters. The van der Waals surface area contributed by atoms with Gasteiger partial charge in [0.1, 0.15) is 17.4 Å². The Labute approximate surface area is 135 Å². The molecule has 3 rings (SSSR count). The summed E-state index contributed by atoms with van der Waals surface area (Å²) in [5.74, 6) is 0.0740. The summed E-state index contributed by atoms with van der Waals surface area (Å²) in [6, 6.07) is 6.96. The SMILES string of the molecule is N#Cc1c(F)cc(Br)cc1N1CCC(Nc2ncccn2)C1. The minimum Gasteiger partial charge on any atom is -0.368 e. The van der Waals surface area contributed by atoms with E-state index in [1.165, 1.54) is 6.07 Å². The van der Waals surface area contributed by atoms with Crippen molar-refractivity contribution in [1.82, 2.24) is 9.97 Å². The molecular formula is C15H13BrFN5. The summed E-state index contributed by atoms with van der Waals surface area (Å²) in [6.45, 7) is 1.41. The maximum Gasteiger partial charge on any atom is 0.222 e. The fourth-order valence-electron chi connectivity index (χ4n) is 2.57. The topological polar surface area (TPSA) is 64.8 Å². The maximum atomic E-state index is 13.9. The van der Waals surface area contributed by atoms with Gasteiger partial charge in [-0.2, -0.15) is 5.26 Å². The van der Waals surface area contributed by atoms with E-state index in [0.717, 1.165) is 13.0 Å². The zero-order valence-electron chi connectivity index (χ0n) is 11.6. The summed E-state index contributed by atoms with van der Waals surface area (Å²) in [5, 5.41) is 12.4. The lowest BCUT2D eigenvalue weighted by Crippen LogP contribution is -2.27. The van der Waals surface area contributed by atoms with E-state index in [1.54, 1.807) is 24.5 Å². The van der Waals surface area contributed by atoms with Crippen molar-refractivity contribution in [2.45, 2.75) is 12.5 Å². The van der Waals surface area contributed by atoms with Crippen LogP contribution in [0, 0.1) is 17.1 Å². The third-order valence-electron chi connectivity index (χ3n) is 3.57. The molecule has 0 amide bonds. The number of hydrogen-bond donors (Lipinski definition) is 1. The molecule has 0 radical (unpaired) electrons. The highest BCUT2D eigenvalue weighted by molar-refractivity contribution is 9.10. The van der Waals surface area contributed by atoms with Crippen molar-refractivity contribution in [2.24, 2.45) is 0 Å². The van der Waals surface area contributed by atoms with Crippen molar-refractivity contribution in [1.29, 1.82) is 5.26 Å². The van der Waals surface area contributed by atoms with Gasteiger partial charge in [0.15, 0.2) is 0 Å². The van der Waals surface area contributed by atoms with Crippen molar-refractivity contribution in [3.8, 4) is 6.07 Å². The summed E-state index contributed by atoms with van der Waals surface area (Å²) in [5.41, 5.74) is 0.701. The molecule has 1 aromatic carbocycles. The minimum absolute atomic E-state index is 0.0832. The van der Waals surface area contributed by atoms with Gasteiger partial charge in [0.05, 0.1) is 5.69 Å². The van der Waals surface area contributed by atoms with E-state index < -0.39 is 5.82 Å². The average molecular weight is 362 g/mol. The van der Waals surface area contributed by atoms with Crippen molar-refractivity contribution >= 4 is 27.6 Å². The lowest BCUT2D eigenvalue weighted by Gasteiger charge is -2.21. The Bertz CT molecular complexity index is 716. The number of nitrogens with zero attached hydrogens (tertiary/aromatic N) is 4. The van der Waals surface area contributed by atoms with Gasteiger partial charge >= 0.3 is 0 Å². The fourth-order valence-corrected chi connectivity index (χ4v) is 2.99. The molecule has 22 heavy (non-hydrogen) atoms. The first-order valence-corrected chi connectivity index (χ1v) is 7.64. The quantitative estimate of drug-likeness (QED) is 0.910. The van der Waals surface area contributed by atoms with Crippen molar-refractivity contribution in [3.05, 3.63) is 46.4 Å². The van der Waals surface area contributed by atoms with E-state index in [0.29, 0.717) is 22.7 Å². The van der Waals surface area contributed by atoms with Crippen molar-refractivity contribution in [2.75, 3.05) is 23.3 Å². The summed E-state index contributed by atoms with van der Waals surface area (Å²) in [4.78, 5) is 10.3. The molecule has 5 nitrogen and oxygen atoms in total. The van der Waals surface area contributed by atoms with Gasteiger partial charge in [0.25, 0.3) is 0 Å². The molecule has 1 fully saturated rings. The molecule has 1 saturated heterocycles. The highest BCUT2D eigenvalue weighted by Crippen LogP contribution is 2.30. The van der Waals surface area contributed by atoms with Crippen LogP contribution >= 0.6 is 15.9 Å². The predicted octanol–water partition coefficient (Wildman–Crippen LogP) is 2.94. The molecule has 1 unspecified atom stereocenters. The first-order valence-electron chi connectivity index (χ1n) is 6.85. The molecule has 2 heterocycles. The number of aromatic nitrogens is 2. The van der Waals surface area contributed by atoms with Gasteiger partial charge < -0.3 is 10.2 Å². The van der Waals surface area contributed by atoms with Gasteiger partial charge in [0.2, 0.25) is 5.95 Å². The normalized spacial score (nSPS) is 17.3. The third kappa shape index (κ3) is 3.02. The average Bonchev–Trinajstić information content (AvgIpc) is 2.96. The van der Waals surface area contributed by atoms with E-state index in [2.05, 4.69) is 31.2 Å². The van der Waals surface area contributed by atoms with Crippen LogP contribution in [0.5, 0.6) is 0 Å². The smallest absolute Gasteiger partial charge is 0.222 e. The van der Waals surface area contributed by atoms with Crippen LogP contribution in [0.4, 0.5) is 16.0 Å². The number of halogens is 2. The molecular weight excluding hydrogens is 349 g/mol. The minimum atomic E-state index is -0.505. The molecule has 112 valence electrons. The Hall–Kier alpha value is -2.20. The van der Waals surface area contributed by atoms with Crippen LogP contribution in [0.15, 0.2) is 35.1 Å². The van der Waals surface area contributed by atoms with E-state index in [9.17, 15) is 9.65 Å². The Balaban J connectivity index is 1.77. The number of nitrogens with one attached hydrogen (secondary N) is 1. The van der Waals surface area contributed by atoms with Crippen LogP contribution in [0.3, 0.4) is 0 Å². The summed E-state index contributed by atoms with van der Waals surface area (Å²) < 4.78 is 14.5. The number of rotatable bonds is 3. The predicted molar refractivity (Wildman–Crippen MR) is 85.1 cm³/mol. The van der Waals surface area contributed by atoms with Gasteiger partial charge in [-0.25, -0.2) is 14.4 Å². The highest BCUT2D eigenvalue weighted by atomic mass is 79.9. The molecule has 0 saturated carbocycles. The molecule has 0 spiro atoms. The number of hydrogen-bond acceptors (Lipinski definition) is 5. The van der Waals surface area contributed by atoms with Crippen LogP contribution in [0.2, 0.25) is 0 Å².